The average Bonchev–Trinajstić information content (AvgIpc) is 3.56. The van der Waals surface area contributed by atoms with Crippen molar-refractivity contribution in [2.75, 3.05) is 6.61 Å². The number of aromatic amines is 1. The van der Waals surface area contributed by atoms with E-state index in [1.165, 1.54) is 0 Å². The number of imidazole rings is 1. The van der Waals surface area contributed by atoms with Crippen LogP contribution >= 0.6 is 0 Å². The van der Waals surface area contributed by atoms with Crippen LogP contribution in [0, 0.1) is 0 Å². The van der Waals surface area contributed by atoms with Crippen molar-refractivity contribution in [3.63, 3.8) is 0 Å². The Balaban J connectivity index is 1.33. The third-order valence-corrected chi connectivity index (χ3v) is 6.10. The monoisotopic (exact) mass is 470 g/mol. The van der Waals surface area contributed by atoms with Crippen LogP contribution in [0.1, 0.15) is 28.5 Å². The van der Waals surface area contributed by atoms with E-state index < -0.39 is 0 Å². The van der Waals surface area contributed by atoms with Crippen LogP contribution in [0.5, 0.6) is 0 Å². The largest absolute Gasteiger partial charge is 0.374 e. The van der Waals surface area contributed by atoms with E-state index in [4.69, 9.17) is 18.9 Å². The maximum Gasteiger partial charge on any atom is 0.128 e. The van der Waals surface area contributed by atoms with E-state index in [9.17, 15) is 0 Å². The molecule has 0 saturated carbocycles. The first-order chi connectivity index (χ1) is 17.4. The summed E-state index contributed by atoms with van der Waals surface area (Å²) in [5.74, 6) is 0. The number of ether oxygens (including phenoxy) is 4. The number of nitrogens with one attached hydrogen (secondary N) is 1. The Morgan fingerprint density at radius 1 is 0.686 bits per heavy atom. The van der Waals surface area contributed by atoms with Crippen molar-refractivity contribution < 1.29 is 18.9 Å². The van der Waals surface area contributed by atoms with Gasteiger partial charge in [0.15, 0.2) is 0 Å². The number of rotatable bonds is 11. The van der Waals surface area contributed by atoms with E-state index in [0.29, 0.717) is 26.4 Å². The molecule has 180 valence electrons. The summed E-state index contributed by atoms with van der Waals surface area (Å²) in [7, 11) is 0. The van der Waals surface area contributed by atoms with Crippen molar-refractivity contribution in [2.45, 2.75) is 44.2 Å². The van der Waals surface area contributed by atoms with Crippen LogP contribution in [0.15, 0.2) is 104 Å². The molecule has 1 saturated heterocycles. The molecule has 1 N–H and O–H groups in total. The lowest BCUT2D eigenvalue weighted by molar-refractivity contribution is -0.0898. The smallest absolute Gasteiger partial charge is 0.128 e. The van der Waals surface area contributed by atoms with Crippen LogP contribution in [0.4, 0.5) is 0 Å². The van der Waals surface area contributed by atoms with Crippen molar-refractivity contribution in [3.05, 3.63) is 126 Å². The average molecular weight is 471 g/mol. The van der Waals surface area contributed by atoms with Gasteiger partial charge in [-0.2, -0.15) is 0 Å². The van der Waals surface area contributed by atoms with E-state index in [1.807, 2.05) is 54.6 Å². The van der Waals surface area contributed by atoms with Gasteiger partial charge in [-0.3, -0.25) is 0 Å². The van der Waals surface area contributed by atoms with Crippen LogP contribution < -0.4 is 0 Å². The van der Waals surface area contributed by atoms with Crippen LogP contribution in [-0.4, -0.2) is 34.9 Å². The Morgan fingerprint density at radius 2 is 1.23 bits per heavy atom. The van der Waals surface area contributed by atoms with Gasteiger partial charge in [-0.05, 0) is 16.7 Å². The molecule has 3 aromatic carbocycles. The second-order valence-corrected chi connectivity index (χ2v) is 8.63. The van der Waals surface area contributed by atoms with Gasteiger partial charge in [0, 0.05) is 0 Å². The Labute approximate surface area is 205 Å². The highest BCUT2D eigenvalue weighted by atomic mass is 16.6. The lowest BCUT2D eigenvalue weighted by Crippen LogP contribution is -2.37. The molecule has 1 fully saturated rings. The zero-order valence-corrected chi connectivity index (χ0v) is 19.5. The van der Waals surface area contributed by atoms with Crippen LogP contribution in [0.25, 0.3) is 0 Å². The van der Waals surface area contributed by atoms with E-state index in [1.54, 1.807) is 12.5 Å². The van der Waals surface area contributed by atoms with Gasteiger partial charge in [0.2, 0.25) is 0 Å². The van der Waals surface area contributed by atoms with E-state index in [0.717, 1.165) is 22.4 Å². The lowest BCUT2D eigenvalue weighted by atomic mass is 10.1. The van der Waals surface area contributed by atoms with Gasteiger partial charge >= 0.3 is 0 Å². The minimum absolute atomic E-state index is 0.295. The number of hydrogen-bond donors (Lipinski definition) is 1. The van der Waals surface area contributed by atoms with Gasteiger partial charge in [0.1, 0.15) is 24.4 Å². The van der Waals surface area contributed by atoms with Crippen molar-refractivity contribution in [2.24, 2.45) is 0 Å². The molecule has 35 heavy (non-hydrogen) atoms. The molecule has 2 heterocycles. The summed E-state index contributed by atoms with van der Waals surface area (Å²) in [5.41, 5.74) is 4.18. The molecule has 0 aliphatic carbocycles. The SMILES string of the molecule is c1ccc(COC[C@H]2O[C@@H](c3cnc[nH]3)[C@H](OCc3ccccc3)[C@@H]2OCc2ccccc2)cc1. The van der Waals surface area contributed by atoms with Gasteiger partial charge in [-0.25, -0.2) is 4.98 Å². The summed E-state index contributed by atoms with van der Waals surface area (Å²) < 4.78 is 25.5. The second kappa shape index (κ2) is 11.9. The number of nitrogens with zero attached hydrogens (tertiary/aromatic N) is 1. The predicted molar refractivity (Wildman–Crippen MR) is 132 cm³/mol. The highest BCUT2D eigenvalue weighted by Gasteiger charge is 2.47. The normalized spacial score (nSPS) is 21.8. The maximum absolute atomic E-state index is 6.50. The van der Waals surface area contributed by atoms with E-state index in [-0.39, 0.29) is 24.4 Å². The standard InChI is InChI=1S/C29H30N2O4/c1-4-10-22(11-5-1)17-32-20-26-28(33-18-23-12-6-2-7-13-23)29(27(35-26)25-16-30-21-31-25)34-19-24-14-8-3-9-15-24/h1-16,21,26-29H,17-20H2,(H,30,31)/t26-,27+,28-,29+/m1/s1. The predicted octanol–water partition coefficient (Wildman–Crippen LogP) is 5.24. The second-order valence-electron chi connectivity index (χ2n) is 8.63. The summed E-state index contributed by atoms with van der Waals surface area (Å²) in [4.78, 5) is 7.39. The molecule has 6 heteroatoms. The highest BCUT2D eigenvalue weighted by Crippen LogP contribution is 2.37. The third kappa shape index (κ3) is 6.24. The minimum Gasteiger partial charge on any atom is -0.374 e. The Morgan fingerprint density at radius 3 is 1.77 bits per heavy atom. The first-order valence-corrected chi connectivity index (χ1v) is 11.9. The van der Waals surface area contributed by atoms with Crippen LogP contribution in [-0.2, 0) is 38.8 Å². The Bertz CT molecular complexity index is 1120. The zero-order valence-electron chi connectivity index (χ0n) is 19.5. The number of hydrogen-bond acceptors (Lipinski definition) is 5. The van der Waals surface area contributed by atoms with Gasteiger partial charge in [0.25, 0.3) is 0 Å². The molecular formula is C29H30N2O4. The fraction of sp³-hybridized carbons (Fsp3) is 0.276. The summed E-state index contributed by atoms with van der Waals surface area (Å²) in [6.45, 7) is 1.83. The van der Waals surface area contributed by atoms with Crippen molar-refractivity contribution in [1.82, 2.24) is 9.97 Å². The Kier molecular flexibility index (Phi) is 7.98. The van der Waals surface area contributed by atoms with Crippen LogP contribution in [0.3, 0.4) is 0 Å². The summed E-state index contributed by atoms with van der Waals surface area (Å²) >= 11 is 0. The lowest BCUT2D eigenvalue weighted by Gasteiger charge is -2.25. The van der Waals surface area contributed by atoms with Gasteiger partial charge in [-0.15, -0.1) is 0 Å². The molecular weight excluding hydrogens is 440 g/mol. The molecule has 5 rings (SSSR count). The zero-order chi connectivity index (χ0) is 23.7. The fourth-order valence-corrected chi connectivity index (χ4v) is 4.32. The maximum atomic E-state index is 6.50. The molecule has 1 aliphatic rings. The van der Waals surface area contributed by atoms with Crippen LogP contribution in [0.2, 0.25) is 0 Å². The first-order valence-electron chi connectivity index (χ1n) is 11.9. The van der Waals surface area contributed by atoms with Gasteiger partial charge < -0.3 is 23.9 Å². The summed E-state index contributed by atoms with van der Waals surface area (Å²) in [6.07, 6.45) is 2.16. The number of H-pyrrole nitrogens is 1. The van der Waals surface area contributed by atoms with Crippen molar-refractivity contribution in [3.8, 4) is 0 Å². The van der Waals surface area contributed by atoms with E-state index >= 15 is 0 Å². The van der Waals surface area contributed by atoms with Crippen molar-refractivity contribution in [1.29, 1.82) is 0 Å². The quantitative estimate of drug-likeness (QED) is 0.325. The number of benzene rings is 3. The van der Waals surface area contributed by atoms with Crippen molar-refractivity contribution >= 4 is 0 Å². The highest BCUT2D eigenvalue weighted by molar-refractivity contribution is 5.16. The molecule has 0 amide bonds. The van der Waals surface area contributed by atoms with Gasteiger partial charge in [-0.1, -0.05) is 91.0 Å². The molecule has 0 spiro atoms. The Hall–Kier alpha value is -3.29. The third-order valence-electron chi connectivity index (χ3n) is 6.10. The molecule has 1 aromatic heterocycles. The minimum atomic E-state index is -0.340. The summed E-state index contributed by atoms with van der Waals surface area (Å²) in [6, 6.07) is 30.4. The molecule has 0 unspecified atom stereocenters. The molecule has 0 radical (unpaired) electrons. The fourth-order valence-electron chi connectivity index (χ4n) is 4.32. The molecule has 6 nitrogen and oxygen atoms in total. The molecule has 4 aromatic rings. The van der Waals surface area contributed by atoms with E-state index in [2.05, 4.69) is 46.4 Å². The van der Waals surface area contributed by atoms with Gasteiger partial charge in [0.05, 0.1) is 44.6 Å². The first kappa shape index (κ1) is 23.5. The number of aromatic nitrogens is 2. The molecule has 1 aliphatic heterocycles. The molecule has 4 atom stereocenters. The summed E-state index contributed by atoms with van der Waals surface area (Å²) in [5, 5.41) is 0. The molecule has 0 bridgehead atoms. The topological polar surface area (TPSA) is 65.6 Å².